The molecule has 186 valence electrons. The Morgan fingerprint density at radius 1 is 0.778 bits per heavy atom. The van der Waals surface area contributed by atoms with E-state index in [2.05, 4.69) is 10.6 Å². The fraction of sp³-hybridized carbons (Fsp3) is 0.0435. The van der Waals surface area contributed by atoms with Crippen molar-refractivity contribution in [1.82, 2.24) is 0 Å². The zero-order valence-corrected chi connectivity index (χ0v) is 19.9. The topological polar surface area (TPSA) is 193 Å². The molecular formula is C23H19N3O8S2. The van der Waals surface area contributed by atoms with Crippen LogP contribution in [0.15, 0.2) is 76.5 Å². The van der Waals surface area contributed by atoms with Crippen LogP contribution in [0.4, 0.5) is 11.4 Å². The second-order valence-corrected chi connectivity index (χ2v) is 9.87. The van der Waals surface area contributed by atoms with Crippen molar-refractivity contribution in [1.29, 1.82) is 0 Å². The van der Waals surface area contributed by atoms with Gasteiger partial charge in [0.25, 0.3) is 5.91 Å². The molecule has 0 saturated heterocycles. The highest BCUT2D eigenvalue weighted by Crippen LogP contribution is 2.22. The van der Waals surface area contributed by atoms with Crippen LogP contribution in [0.2, 0.25) is 0 Å². The van der Waals surface area contributed by atoms with E-state index in [1.807, 2.05) is 0 Å². The molecule has 0 fully saturated rings. The van der Waals surface area contributed by atoms with Crippen molar-refractivity contribution in [2.45, 2.75) is 9.79 Å². The maximum absolute atomic E-state index is 12.5. The Morgan fingerprint density at radius 2 is 1.36 bits per heavy atom. The molecular weight excluding hydrogens is 510 g/mol. The first kappa shape index (κ1) is 26.4. The van der Waals surface area contributed by atoms with Gasteiger partial charge < -0.3 is 20.8 Å². The van der Waals surface area contributed by atoms with Gasteiger partial charge in [-0.05, 0) is 66.7 Å². The molecule has 0 aliphatic carbocycles. The molecule has 0 atom stereocenters. The van der Waals surface area contributed by atoms with Crippen LogP contribution in [0.5, 0.6) is 0 Å². The number of hydrogen-bond donors (Lipinski definition) is 5. The van der Waals surface area contributed by atoms with Crippen LogP contribution in [-0.2, 0) is 14.8 Å². The zero-order chi connectivity index (χ0) is 26.5. The average molecular weight is 530 g/mol. The molecule has 2 amide bonds. The molecule has 0 aliphatic rings. The number of nitrogens with two attached hydrogens (primary N) is 1. The summed E-state index contributed by atoms with van der Waals surface area (Å²) in [6.07, 6.45) is 0. The number of thioether (sulfide) groups is 1. The highest BCUT2D eigenvalue weighted by atomic mass is 32.2. The minimum Gasteiger partial charge on any atom is -0.478 e. The van der Waals surface area contributed by atoms with Crippen LogP contribution >= 0.6 is 11.8 Å². The van der Waals surface area contributed by atoms with E-state index in [1.165, 1.54) is 36.0 Å². The average Bonchev–Trinajstić information content (AvgIpc) is 2.83. The van der Waals surface area contributed by atoms with E-state index in [0.717, 1.165) is 18.2 Å². The van der Waals surface area contributed by atoms with Crippen LogP contribution in [0.25, 0.3) is 0 Å². The fourth-order valence-electron chi connectivity index (χ4n) is 2.96. The van der Waals surface area contributed by atoms with Gasteiger partial charge in [-0.1, -0.05) is 0 Å². The van der Waals surface area contributed by atoms with Gasteiger partial charge in [0.15, 0.2) is 0 Å². The Hall–Kier alpha value is -4.20. The number of hydrogen-bond acceptors (Lipinski definition) is 7. The number of carbonyl (C=O) groups is 4. The minimum atomic E-state index is -3.82. The number of carboxylic acids is 2. The molecule has 3 aromatic carbocycles. The first-order valence-electron chi connectivity index (χ1n) is 10.0. The van der Waals surface area contributed by atoms with E-state index >= 15 is 0 Å². The van der Waals surface area contributed by atoms with E-state index in [0.29, 0.717) is 16.3 Å². The van der Waals surface area contributed by atoms with Crippen molar-refractivity contribution in [3.05, 3.63) is 83.4 Å². The van der Waals surface area contributed by atoms with Crippen molar-refractivity contribution < 1.29 is 37.8 Å². The van der Waals surface area contributed by atoms with Gasteiger partial charge in [0.05, 0.1) is 27.3 Å². The molecule has 0 spiro atoms. The Balaban J connectivity index is 1.58. The summed E-state index contributed by atoms with van der Waals surface area (Å²) in [6, 6.07) is 15.0. The van der Waals surface area contributed by atoms with Crippen molar-refractivity contribution >= 4 is 56.9 Å². The fourth-order valence-corrected chi connectivity index (χ4v) is 4.17. The van der Waals surface area contributed by atoms with Gasteiger partial charge >= 0.3 is 11.9 Å². The summed E-state index contributed by atoms with van der Waals surface area (Å²) in [5.41, 5.74) is -0.120. The number of primary sulfonamides is 1. The maximum Gasteiger partial charge on any atom is 0.336 e. The van der Waals surface area contributed by atoms with Crippen LogP contribution in [0.3, 0.4) is 0 Å². The quantitative estimate of drug-likeness (QED) is 0.259. The van der Waals surface area contributed by atoms with Crippen molar-refractivity contribution in [3.8, 4) is 0 Å². The molecule has 6 N–H and O–H groups in total. The summed E-state index contributed by atoms with van der Waals surface area (Å²) >= 11 is 1.22. The third-order valence-electron chi connectivity index (χ3n) is 4.69. The number of benzene rings is 3. The first-order chi connectivity index (χ1) is 16.9. The summed E-state index contributed by atoms with van der Waals surface area (Å²) in [4.78, 5) is 47.9. The lowest BCUT2D eigenvalue weighted by Gasteiger charge is -2.10. The number of amides is 2. The normalized spacial score (nSPS) is 10.9. The van der Waals surface area contributed by atoms with Crippen LogP contribution in [-0.4, -0.2) is 48.1 Å². The Bertz CT molecular complexity index is 1440. The van der Waals surface area contributed by atoms with Gasteiger partial charge in [-0.25, -0.2) is 23.1 Å². The molecule has 0 bridgehead atoms. The molecule has 0 aromatic heterocycles. The summed E-state index contributed by atoms with van der Waals surface area (Å²) in [7, 11) is -3.82. The lowest BCUT2D eigenvalue weighted by Crippen LogP contribution is -2.17. The molecule has 3 rings (SSSR count). The summed E-state index contributed by atoms with van der Waals surface area (Å²) < 4.78 is 22.6. The molecule has 0 radical (unpaired) electrons. The lowest BCUT2D eigenvalue weighted by atomic mass is 10.0. The Labute approximate surface area is 209 Å². The molecule has 0 saturated carbocycles. The van der Waals surface area contributed by atoms with Gasteiger partial charge in [0.1, 0.15) is 0 Å². The summed E-state index contributed by atoms with van der Waals surface area (Å²) in [5.74, 6) is -3.75. The van der Waals surface area contributed by atoms with Gasteiger partial charge in [0.2, 0.25) is 15.9 Å². The second-order valence-electron chi connectivity index (χ2n) is 7.26. The molecule has 0 unspecified atom stereocenters. The molecule has 11 nitrogen and oxygen atoms in total. The molecule has 0 heterocycles. The van der Waals surface area contributed by atoms with Crippen molar-refractivity contribution in [3.63, 3.8) is 0 Å². The molecule has 3 aromatic rings. The number of nitrogens with one attached hydrogen (secondary N) is 2. The number of anilines is 2. The maximum atomic E-state index is 12.5. The third kappa shape index (κ3) is 6.91. The second kappa shape index (κ2) is 11.0. The zero-order valence-electron chi connectivity index (χ0n) is 18.3. The number of carboxylic acid groups (broad SMARTS) is 2. The predicted molar refractivity (Wildman–Crippen MR) is 132 cm³/mol. The third-order valence-corrected chi connectivity index (χ3v) is 6.63. The van der Waals surface area contributed by atoms with Gasteiger partial charge in [-0.3, -0.25) is 9.59 Å². The van der Waals surface area contributed by atoms with Crippen molar-refractivity contribution in [2.24, 2.45) is 5.14 Å². The largest absolute Gasteiger partial charge is 0.478 e. The Morgan fingerprint density at radius 3 is 1.92 bits per heavy atom. The monoisotopic (exact) mass is 529 g/mol. The van der Waals surface area contributed by atoms with Crippen molar-refractivity contribution in [2.75, 3.05) is 16.4 Å². The predicted octanol–water partition coefficient (Wildman–Crippen LogP) is 2.71. The van der Waals surface area contributed by atoms with E-state index in [1.54, 1.807) is 24.3 Å². The van der Waals surface area contributed by atoms with Gasteiger partial charge in [0, 0.05) is 16.3 Å². The standard InChI is InChI=1S/C23H19N3O8S2/c24-36(33,34)17-8-4-14(5-9-17)25-20(27)12-35-16-6-2-15(3-7-16)26-21(28)18-10-1-13(22(29)30)11-19(18)23(31)32/h1-11H,12H2,(H,25,27)(H,26,28)(H,29,30)(H,31,32)(H2,24,33,34). The van der Waals surface area contributed by atoms with E-state index in [-0.39, 0.29) is 27.7 Å². The summed E-state index contributed by atoms with van der Waals surface area (Å²) in [5, 5.41) is 28.6. The van der Waals surface area contributed by atoms with Gasteiger partial charge in [-0.15, -0.1) is 11.8 Å². The van der Waals surface area contributed by atoms with E-state index in [9.17, 15) is 32.7 Å². The smallest absolute Gasteiger partial charge is 0.336 e. The molecule has 0 aliphatic heterocycles. The van der Waals surface area contributed by atoms with E-state index in [4.69, 9.17) is 10.2 Å². The SMILES string of the molecule is NS(=O)(=O)c1ccc(NC(=O)CSc2ccc(NC(=O)c3ccc(C(=O)O)cc3C(=O)O)cc2)cc1. The number of carbonyl (C=O) groups excluding carboxylic acids is 2. The van der Waals surface area contributed by atoms with Crippen LogP contribution in [0.1, 0.15) is 31.1 Å². The minimum absolute atomic E-state index is 0.0561. The molecule has 36 heavy (non-hydrogen) atoms. The van der Waals surface area contributed by atoms with Crippen LogP contribution in [0, 0.1) is 0 Å². The molecule has 13 heteroatoms. The lowest BCUT2D eigenvalue weighted by molar-refractivity contribution is -0.113. The van der Waals surface area contributed by atoms with Crippen LogP contribution < -0.4 is 15.8 Å². The highest BCUT2D eigenvalue weighted by Gasteiger charge is 2.19. The van der Waals surface area contributed by atoms with Gasteiger partial charge in [-0.2, -0.15) is 0 Å². The van der Waals surface area contributed by atoms with E-state index < -0.39 is 33.4 Å². The first-order valence-corrected chi connectivity index (χ1v) is 12.5. The highest BCUT2D eigenvalue weighted by molar-refractivity contribution is 8.00. The summed E-state index contributed by atoms with van der Waals surface area (Å²) in [6.45, 7) is 0. The number of aromatic carboxylic acids is 2. The number of rotatable bonds is 9. The Kier molecular flexibility index (Phi) is 8.09. The number of sulfonamides is 1.